The fourth-order valence-corrected chi connectivity index (χ4v) is 3.24. The van der Waals surface area contributed by atoms with Gasteiger partial charge in [-0.2, -0.15) is 5.26 Å². The van der Waals surface area contributed by atoms with Gasteiger partial charge in [-0.15, -0.1) is 11.8 Å². The molecule has 3 nitrogen and oxygen atoms in total. The first-order valence-electron chi connectivity index (χ1n) is 6.16. The minimum Gasteiger partial charge on any atom is -0.392 e. The van der Waals surface area contributed by atoms with Crippen LogP contribution in [0.5, 0.6) is 0 Å². The third-order valence-corrected chi connectivity index (χ3v) is 4.54. The van der Waals surface area contributed by atoms with E-state index >= 15 is 0 Å². The summed E-state index contributed by atoms with van der Waals surface area (Å²) < 4.78 is 14.2. The maximum atomic E-state index is 14.2. The Morgan fingerprint density at radius 3 is 2.75 bits per heavy atom. The fourth-order valence-electron chi connectivity index (χ4n) is 2.55. The molecule has 5 heteroatoms. The fraction of sp³-hybridized carbons (Fsp3) is 0.333. The zero-order valence-electron chi connectivity index (χ0n) is 11.3. The zero-order valence-corrected chi connectivity index (χ0v) is 12.1. The normalized spacial score (nSPS) is 25.6. The van der Waals surface area contributed by atoms with Gasteiger partial charge in [0.25, 0.3) is 0 Å². The summed E-state index contributed by atoms with van der Waals surface area (Å²) in [5, 5.41) is 19.7. The lowest BCUT2D eigenvalue weighted by Crippen LogP contribution is -2.41. The molecule has 0 aliphatic carbocycles. The maximum Gasteiger partial charge on any atom is 0.127 e. The van der Waals surface area contributed by atoms with Crippen LogP contribution in [-0.4, -0.2) is 23.0 Å². The smallest absolute Gasteiger partial charge is 0.127 e. The Kier molecular flexibility index (Phi) is 4.26. The summed E-state index contributed by atoms with van der Waals surface area (Å²) in [7, 11) is 0. The van der Waals surface area contributed by atoms with E-state index in [0.717, 1.165) is 0 Å². The van der Waals surface area contributed by atoms with E-state index in [9.17, 15) is 14.8 Å². The summed E-state index contributed by atoms with van der Waals surface area (Å²) in [5.74, 6) is -0.987. The first-order valence-corrected chi connectivity index (χ1v) is 7.38. The number of benzene rings is 1. The van der Waals surface area contributed by atoms with E-state index in [1.54, 1.807) is 31.3 Å². The van der Waals surface area contributed by atoms with E-state index in [1.165, 1.54) is 17.8 Å². The van der Waals surface area contributed by atoms with E-state index in [2.05, 4.69) is 11.1 Å². The number of thioether (sulfide) groups is 1. The van der Waals surface area contributed by atoms with Crippen LogP contribution < -0.4 is 0 Å². The lowest BCUT2D eigenvalue weighted by atomic mass is 9.66. The van der Waals surface area contributed by atoms with E-state index in [-0.39, 0.29) is 12.4 Å². The molecular formula is C15H15FN2OS. The van der Waals surface area contributed by atoms with Gasteiger partial charge in [0.05, 0.1) is 17.7 Å². The molecule has 1 aromatic carbocycles. The average Bonchev–Trinajstić information content (AvgIpc) is 2.46. The molecule has 0 spiro atoms. The number of aliphatic hydroxyl groups excluding tert-OH is 1. The molecule has 2 atom stereocenters. The lowest BCUT2D eigenvalue weighted by Gasteiger charge is -2.38. The molecule has 1 aliphatic rings. The van der Waals surface area contributed by atoms with Crippen LogP contribution in [0.25, 0.3) is 0 Å². The highest BCUT2D eigenvalue weighted by atomic mass is 32.2. The molecule has 1 heterocycles. The molecule has 0 fully saturated rings. The topological polar surface area (TPSA) is 56.4 Å². The maximum absolute atomic E-state index is 14.2. The van der Waals surface area contributed by atoms with Crippen molar-refractivity contribution in [1.29, 1.82) is 5.26 Å². The molecule has 20 heavy (non-hydrogen) atoms. The van der Waals surface area contributed by atoms with Crippen molar-refractivity contribution in [3.63, 3.8) is 0 Å². The Morgan fingerprint density at radius 1 is 1.50 bits per heavy atom. The molecule has 1 N–H and O–H groups in total. The molecule has 104 valence electrons. The summed E-state index contributed by atoms with van der Waals surface area (Å²) in [6, 6.07) is 8.59. The Balaban J connectivity index is 2.68. The molecule has 0 amide bonds. The van der Waals surface area contributed by atoms with Crippen molar-refractivity contribution < 1.29 is 9.50 Å². The predicted molar refractivity (Wildman–Crippen MR) is 79.0 cm³/mol. The van der Waals surface area contributed by atoms with Gasteiger partial charge < -0.3 is 5.11 Å². The van der Waals surface area contributed by atoms with E-state index < -0.39 is 11.3 Å². The molecule has 0 radical (unpaired) electrons. The number of aliphatic hydroxyl groups is 1. The number of halogens is 1. The summed E-state index contributed by atoms with van der Waals surface area (Å²) in [5.41, 5.74) is 0.0508. The van der Waals surface area contributed by atoms with Crippen molar-refractivity contribution in [2.75, 3.05) is 12.9 Å². The molecule has 0 saturated carbocycles. The van der Waals surface area contributed by atoms with Crippen LogP contribution in [0, 0.1) is 23.1 Å². The first kappa shape index (κ1) is 14.8. The van der Waals surface area contributed by atoms with Crippen LogP contribution in [0.3, 0.4) is 0 Å². The first-order chi connectivity index (χ1) is 9.59. The van der Waals surface area contributed by atoms with Gasteiger partial charge in [0, 0.05) is 11.6 Å². The second-order valence-electron chi connectivity index (χ2n) is 4.73. The molecule has 0 saturated heterocycles. The van der Waals surface area contributed by atoms with Gasteiger partial charge in [-0.1, -0.05) is 18.2 Å². The largest absolute Gasteiger partial charge is 0.392 e. The van der Waals surface area contributed by atoms with Gasteiger partial charge in [-0.05, 0) is 30.4 Å². The van der Waals surface area contributed by atoms with Crippen LogP contribution in [-0.2, 0) is 5.41 Å². The summed E-state index contributed by atoms with van der Waals surface area (Å²) >= 11 is 1.37. The van der Waals surface area contributed by atoms with Crippen molar-refractivity contribution in [3.8, 4) is 6.07 Å². The molecule has 1 aliphatic heterocycles. The Labute approximate surface area is 121 Å². The quantitative estimate of drug-likeness (QED) is 0.911. The summed E-state index contributed by atoms with van der Waals surface area (Å²) in [6.07, 6.45) is 3.38. The highest BCUT2D eigenvalue weighted by Gasteiger charge is 2.45. The average molecular weight is 290 g/mol. The van der Waals surface area contributed by atoms with Crippen LogP contribution in [0.2, 0.25) is 0 Å². The summed E-state index contributed by atoms with van der Waals surface area (Å²) in [6.45, 7) is 1.53. The Hall–Kier alpha value is -1.64. The SMILES string of the molecule is CSC1=NC=C(CO)C(C)(c2ccccc2F)C1C#N. The highest BCUT2D eigenvalue weighted by Crippen LogP contribution is 2.44. The van der Waals surface area contributed by atoms with Crippen LogP contribution >= 0.6 is 11.8 Å². The van der Waals surface area contributed by atoms with Crippen LogP contribution in [0.15, 0.2) is 41.0 Å². The van der Waals surface area contributed by atoms with Crippen molar-refractivity contribution in [1.82, 2.24) is 0 Å². The van der Waals surface area contributed by atoms with Crippen LogP contribution in [0.4, 0.5) is 4.39 Å². The highest BCUT2D eigenvalue weighted by molar-refractivity contribution is 8.13. The van der Waals surface area contributed by atoms with Crippen LogP contribution in [0.1, 0.15) is 12.5 Å². The second-order valence-corrected chi connectivity index (χ2v) is 5.55. The molecule has 2 rings (SSSR count). The Bertz CT molecular complexity index is 621. The zero-order chi connectivity index (χ0) is 14.8. The third-order valence-electron chi connectivity index (χ3n) is 3.78. The minimum absolute atomic E-state index is 0.256. The minimum atomic E-state index is -0.908. The van der Waals surface area contributed by atoms with E-state index in [1.807, 2.05) is 6.26 Å². The standard InChI is InChI=1S/C15H15FN2OS/c1-15(11-5-3-4-6-13(11)16)10(9-19)8-18-14(20-2)12(15)7-17/h3-6,8,12,19H,9H2,1-2H3. The van der Waals surface area contributed by atoms with Crippen molar-refractivity contribution in [2.45, 2.75) is 12.3 Å². The van der Waals surface area contributed by atoms with E-state index in [0.29, 0.717) is 16.2 Å². The Morgan fingerprint density at radius 2 is 2.20 bits per heavy atom. The van der Waals surface area contributed by atoms with Crippen molar-refractivity contribution in [3.05, 3.63) is 47.4 Å². The van der Waals surface area contributed by atoms with Gasteiger partial charge in [-0.3, -0.25) is 4.99 Å². The molecular weight excluding hydrogens is 275 g/mol. The number of hydrogen-bond donors (Lipinski definition) is 1. The molecule has 0 aromatic heterocycles. The number of nitrogens with zero attached hydrogens (tertiary/aromatic N) is 2. The van der Waals surface area contributed by atoms with Crippen molar-refractivity contribution >= 4 is 16.8 Å². The second kappa shape index (κ2) is 5.78. The number of aliphatic imine (C=N–C) groups is 1. The number of nitriles is 1. The van der Waals surface area contributed by atoms with Gasteiger partial charge in [0.15, 0.2) is 0 Å². The summed E-state index contributed by atoms with van der Waals surface area (Å²) in [4.78, 5) is 4.22. The monoisotopic (exact) mass is 290 g/mol. The molecule has 2 unspecified atom stereocenters. The van der Waals surface area contributed by atoms with Gasteiger partial charge in [0.2, 0.25) is 0 Å². The van der Waals surface area contributed by atoms with E-state index in [4.69, 9.17) is 0 Å². The van der Waals surface area contributed by atoms with Gasteiger partial charge >= 0.3 is 0 Å². The third kappa shape index (κ3) is 2.15. The van der Waals surface area contributed by atoms with Crippen molar-refractivity contribution in [2.24, 2.45) is 10.9 Å². The van der Waals surface area contributed by atoms with Gasteiger partial charge in [-0.25, -0.2) is 4.39 Å². The van der Waals surface area contributed by atoms with Gasteiger partial charge in [0.1, 0.15) is 11.7 Å². The lowest BCUT2D eigenvalue weighted by molar-refractivity contribution is 0.296. The molecule has 1 aromatic rings. The number of hydrogen-bond acceptors (Lipinski definition) is 4. The predicted octanol–water partition coefficient (Wildman–Crippen LogP) is 2.87. The molecule has 0 bridgehead atoms. The number of rotatable bonds is 2.